The largest absolute Gasteiger partial charge is 0.508 e. The Bertz CT molecular complexity index is 1600. The Balaban J connectivity index is 1.52. The van der Waals surface area contributed by atoms with Crippen molar-refractivity contribution in [3.05, 3.63) is 34.5 Å². The van der Waals surface area contributed by atoms with Crippen molar-refractivity contribution < 1.29 is 78.8 Å². The molecule has 9 N–H and O–H groups in total. The van der Waals surface area contributed by atoms with E-state index in [0.29, 0.717) is 0 Å². The zero-order valence-corrected chi connectivity index (χ0v) is 24.6. The van der Waals surface area contributed by atoms with Crippen molar-refractivity contribution in [1.29, 1.82) is 0 Å². The molecule has 0 saturated carbocycles. The Morgan fingerprint density at radius 3 is 2.00 bits per heavy atom. The Morgan fingerprint density at radius 2 is 1.37 bits per heavy atom. The van der Waals surface area contributed by atoms with E-state index in [1.165, 1.54) is 33.3 Å². The van der Waals surface area contributed by atoms with Gasteiger partial charge in [-0.25, -0.2) is 0 Å². The molecule has 10 atom stereocenters. The van der Waals surface area contributed by atoms with Gasteiger partial charge in [0.2, 0.25) is 23.2 Å². The highest BCUT2D eigenvalue weighted by atomic mass is 16.7. The number of phenols is 3. The molecule has 17 nitrogen and oxygen atoms in total. The zero-order chi connectivity index (χ0) is 33.6. The van der Waals surface area contributed by atoms with Gasteiger partial charge >= 0.3 is 0 Å². The van der Waals surface area contributed by atoms with Crippen molar-refractivity contribution >= 4 is 11.0 Å². The molecule has 0 aliphatic carbocycles. The minimum absolute atomic E-state index is 0.0207. The minimum atomic E-state index is -1.97. The molecule has 5 rings (SSSR count). The maximum Gasteiger partial charge on any atom is 0.239 e. The smallest absolute Gasteiger partial charge is 0.239 e. The molecule has 1 aromatic heterocycles. The lowest BCUT2D eigenvalue weighted by Gasteiger charge is -2.42. The van der Waals surface area contributed by atoms with Crippen LogP contribution in [0.5, 0.6) is 34.5 Å². The molecule has 0 bridgehead atoms. The lowest BCUT2D eigenvalue weighted by molar-refractivity contribution is -0.318. The van der Waals surface area contributed by atoms with Crippen LogP contribution in [0.1, 0.15) is 6.92 Å². The van der Waals surface area contributed by atoms with Crippen molar-refractivity contribution in [2.45, 2.75) is 68.3 Å². The molecule has 0 unspecified atom stereocenters. The van der Waals surface area contributed by atoms with Crippen molar-refractivity contribution in [3.8, 4) is 45.8 Å². The Labute approximate surface area is 259 Å². The number of aliphatic hydroxyl groups is 6. The van der Waals surface area contributed by atoms with Gasteiger partial charge in [0.1, 0.15) is 65.2 Å². The highest BCUT2D eigenvalue weighted by Crippen LogP contribution is 2.44. The van der Waals surface area contributed by atoms with Gasteiger partial charge in [-0.15, -0.1) is 0 Å². The minimum Gasteiger partial charge on any atom is -0.508 e. The van der Waals surface area contributed by atoms with Gasteiger partial charge in [0.25, 0.3) is 0 Å². The number of phenolic OH excluding ortho intramolecular Hbond substituents is 3. The van der Waals surface area contributed by atoms with Crippen molar-refractivity contribution in [2.75, 3.05) is 20.8 Å². The highest BCUT2D eigenvalue weighted by Gasteiger charge is 2.48. The van der Waals surface area contributed by atoms with Crippen LogP contribution in [0.4, 0.5) is 0 Å². The molecule has 2 aliphatic heterocycles. The monoisotopic (exact) mass is 654 g/mol. The number of aliphatic hydroxyl groups excluding tert-OH is 6. The summed E-state index contributed by atoms with van der Waals surface area (Å²) in [5.74, 6) is -2.76. The van der Waals surface area contributed by atoms with Gasteiger partial charge in [0.05, 0.1) is 26.9 Å². The van der Waals surface area contributed by atoms with Crippen LogP contribution >= 0.6 is 0 Å². The predicted molar refractivity (Wildman–Crippen MR) is 152 cm³/mol. The van der Waals surface area contributed by atoms with E-state index in [1.54, 1.807) is 0 Å². The fourth-order valence-corrected chi connectivity index (χ4v) is 5.20. The Hall–Kier alpha value is -3.91. The molecule has 0 spiro atoms. The highest BCUT2D eigenvalue weighted by molar-refractivity contribution is 5.88. The van der Waals surface area contributed by atoms with E-state index in [-0.39, 0.29) is 34.2 Å². The average molecular weight is 655 g/mol. The molecule has 17 heteroatoms. The van der Waals surface area contributed by atoms with Crippen molar-refractivity contribution in [1.82, 2.24) is 0 Å². The van der Waals surface area contributed by atoms with E-state index in [0.717, 1.165) is 12.1 Å². The van der Waals surface area contributed by atoms with Gasteiger partial charge in [-0.1, -0.05) is 0 Å². The van der Waals surface area contributed by atoms with Gasteiger partial charge in [0, 0.05) is 17.7 Å². The lowest BCUT2D eigenvalue weighted by atomic mass is 9.98. The number of benzene rings is 2. The number of hydrogen-bond donors (Lipinski definition) is 9. The van der Waals surface area contributed by atoms with Crippen LogP contribution in [0, 0.1) is 0 Å². The van der Waals surface area contributed by atoms with Crippen LogP contribution < -0.4 is 19.6 Å². The number of fused-ring (bicyclic) bond motifs is 1. The predicted octanol–water partition coefficient (Wildman–Crippen LogP) is -1.38. The molecular weight excluding hydrogens is 620 g/mol. The third kappa shape index (κ3) is 5.99. The van der Waals surface area contributed by atoms with Gasteiger partial charge in [-0.2, -0.15) is 0 Å². The van der Waals surface area contributed by atoms with Crippen LogP contribution in [0.15, 0.2) is 33.5 Å². The summed E-state index contributed by atoms with van der Waals surface area (Å²) in [4.78, 5) is 13.8. The summed E-state index contributed by atoms with van der Waals surface area (Å²) in [7, 11) is 2.51. The van der Waals surface area contributed by atoms with Crippen molar-refractivity contribution in [2.24, 2.45) is 0 Å². The molecule has 252 valence electrons. The van der Waals surface area contributed by atoms with Crippen LogP contribution in [0.2, 0.25) is 0 Å². The molecule has 0 amide bonds. The van der Waals surface area contributed by atoms with Gasteiger partial charge in [-0.3, -0.25) is 4.79 Å². The quantitative estimate of drug-likeness (QED) is 0.135. The third-order valence-electron chi connectivity index (χ3n) is 7.80. The topological polar surface area (TPSA) is 268 Å². The van der Waals surface area contributed by atoms with E-state index >= 15 is 0 Å². The summed E-state index contributed by atoms with van der Waals surface area (Å²) in [6.07, 6.45) is -16.2. The molecule has 0 radical (unpaired) electrons. The summed E-state index contributed by atoms with van der Waals surface area (Å²) >= 11 is 0. The first-order valence-corrected chi connectivity index (χ1v) is 13.9. The van der Waals surface area contributed by atoms with E-state index in [4.69, 9.17) is 32.8 Å². The van der Waals surface area contributed by atoms with E-state index in [1.807, 2.05) is 0 Å². The number of rotatable bonds is 8. The average Bonchev–Trinajstić information content (AvgIpc) is 3.02. The first-order valence-electron chi connectivity index (χ1n) is 13.9. The SMILES string of the molecule is COc1cc(-c2oc3cc(O)cc(O)c3c(=O)c2O[C@@H]2O[C@H](CO[C@@H]3O[C@@H](C)[C@@H](O)[C@@H](O)[C@H]3O)[C@H](O)[C@H](O)[C@H]2O)cc(OC)c1O. The van der Waals surface area contributed by atoms with Crippen LogP contribution in [-0.4, -0.2) is 128 Å². The summed E-state index contributed by atoms with van der Waals surface area (Å²) in [6.45, 7) is 0.824. The summed E-state index contributed by atoms with van der Waals surface area (Å²) in [6, 6.07) is 4.45. The molecule has 2 aliphatic rings. The molecule has 2 aromatic carbocycles. The molecular formula is C29H34O17. The van der Waals surface area contributed by atoms with Crippen LogP contribution in [0.3, 0.4) is 0 Å². The maximum atomic E-state index is 13.8. The molecule has 46 heavy (non-hydrogen) atoms. The summed E-state index contributed by atoms with van der Waals surface area (Å²) in [5, 5.41) is 92.7. The molecule has 3 heterocycles. The zero-order valence-electron chi connectivity index (χ0n) is 24.6. The third-order valence-corrected chi connectivity index (χ3v) is 7.80. The van der Waals surface area contributed by atoms with Gasteiger partial charge in [0.15, 0.2) is 23.5 Å². The molecule has 2 saturated heterocycles. The van der Waals surface area contributed by atoms with Crippen LogP contribution in [0.25, 0.3) is 22.3 Å². The van der Waals surface area contributed by atoms with E-state index < -0.39 is 96.1 Å². The summed E-state index contributed by atoms with van der Waals surface area (Å²) in [5.41, 5.74) is -1.27. The summed E-state index contributed by atoms with van der Waals surface area (Å²) < 4.78 is 38.6. The fraction of sp³-hybridized carbons (Fsp3) is 0.483. The molecule has 3 aromatic rings. The van der Waals surface area contributed by atoms with Crippen molar-refractivity contribution in [3.63, 3.8) is 0 Å². The number of methoxy groups -OCH3 is 2. The molecule has 2 fully saturated rings. The standard InChI is InChI=1S/C29H34O17/c1-9-18(32)22(36)24(38)28(43-9)42-8-16-20(34)23(37)25(39)29(45-16)46-27-21(35)17-12(31)6-11(30)7-13(17)44-26(27)10-4-14(40-2)19(33)15(5-10)41-3/h4-7,9,16,18,20,22-25,28-34,36-39H,8H2,1-3H3/t9-,16+,18+,20-,22+,23-,24+,25+,28+,29-/m0/s1. The van der Waals surface area contributed by atoms with Crippen LogP contribution in [-0.2, 0) is 14.2 Å². The lowest BCUT2D eigenvalue weighted by Crippen LogP contribution is -2.61. The first kappa shape index (κ1) is 33.5. The fourth-order valence-electron chi connectivity index (χ4n) is 5.20. The van der Waals surface area contributed by atoms with Gasteiger partial charge in [-0.05, 0) is 19.1 Å². The number of hydrogen-bond acceptors (Lipinski definition) is 17. The maximum absolute atomic E-state index is 13.8. The Kier molecular flexibility index (Phi) is 9.50. The van der Waals surface area contributed by atoms with E-state index in [2.05, 4.69) is 0 Å². The second-order valence-corrected chi connectivity index (χ2v) is 10.8. The second-order valence-electron chi connectivity index (χ2n) is 10.8. The number of aromatic hydroxyl groups is 3. The van der Waals surface area contributed by atoms with Gasteiger partial charge < -0.3 is 78.8 Å². The normalized spacial score (nSPS) is 31.5. The second kappa shape index (κ2) is 13.1. The number of ether oxygens (including phenoxy) is 6. The first-order chi connectivity index (χ1) is 21.8. The van der Waals surface area contributed by atoms with E-state index in [9.17, 15) is 50.8 Å². The Morgan fingerprint density at radius 1 is 0.761 bits per heavy atom.